The average Bonchev–Trinajstić information content (AvgIpc) is 2.65. The van der Waals surface area contributed by atoms with Gasteiger partial charge in [0, 0.05) is 5.30 Å². The van der Waals surface area contributed by atoms with Crippen LogP contribution in [0.1, 0.15) is 19.8 Å². The van der Waals surface area contributed by atoms with Gasteiger partial charge in [0.15, 0.2) is 7.14 Å². The molecule has 7 heteroatoms. The molecule has 0 spiro atoms. The van der Waals surface area contributed by atoms with Crippen LogP contribution in [0.5, 0.6) is 0 Å². The Morgan fingerprint density at radius 2 is 1.52 bits per heavy atom. The molecule has 0 radical (unpaired) electrons. The largest absolute Gasteiger partial charge is 1.00 e. The van der Waals surface area contributed by atoms with Crippen molar-refractivity contribution in [2.75, 3.05) is 19.3 Å². The first kappa shape index (κ1) is 22.7. The van der Waals surface area contributed by atoms with Crippen molar-refractivity contribution in [2.45, 2.75) is 19.8 Å². The molecule has 3 rings (SSSR count). The minimum absolute atomic E-state index is 0. The zero-order valence-electron chi connectivity index (χ0n) is 15.0. The number of benzene rings is 2. The van der Waals surface area contributed by atoms with Crippen molar-refractivity contribution >= 4 is 25.0 Å². The van der Waals surface area contributed by atoms with E-state index in [9.17, 15) is 9.67 Å². The first-order valence-corrected chi connectivity index (χ1v) is 10.3. The number of hydrogen-bond acceptors (Lipinski definition) is 4. The summed E-state index contributed by atoms with van der Waals surface area (Å²) in [5, 5.41) is 10.4. The second-order valence-corrected chi connectivity index (χ2v) is 8.43. The van der Waals surface area contributed by atoms with Gasteiger partial charge in [-0.3, -0.25) is 0 Å². The van der Waals surface area contributed by atoms with E-state index in [2.05, 4.69) is 0 Å². The molecule has 1 fully saturated rings. The van der Waals surface area contributed by atoms with Gasteiger partial charge in [-0.15, -0.1) is 6.61 Å². The maximum absolute atomic E-state index is 12.8. The summed E-state index contributed by atoms with van der Waals surface area (Å²) in [5.41, 5.74) is 0.960. The Bertz CT molecular complexity index is 628. The van der Waals surface area contributed by atoms with Crippen LogP contribution in [-0.2, 0) is 13.9 Å². The fourth-order valence-electron chi connectivity index (χ4n) is 2.26. The predicted molar refractivity (Wildman–Crippen MR) is 97.2 cm³/mol. The van der Waals surface area contributed by atoms with Gasteiger partial charge in [0.25, 0.3) is 0 Å². The monoisotopic (exact) mass is 368 g/mol. The van der Waals surface area contributed by atoms with Crippen molar-refractivity contribution in [3.63, 3.8) is 0 Å². The summed E-state index contributed by atoms with van der Waals surface area (Å²) >= 11 is 0. The van der Waals surface area contributed by atoms with Crippen molar-refractivity contribution in [3.05, 3.63) is 60.7 Å². The van der Waals surface area contributed by atoms with Crippen molar-refractivity contribution in [2.24, 2.45) is 0 Å². The molecule has 1 saturated heterocycles. The predicted octanol–water partition coefficient (Wildman–Crippen LogP) is -0.817. The van der Waals surface area contributed by atoms with Gasteiger partial charge in [-0.25, -0.2) is 0 Å². The molecule has 2 aromatic rings. The minimum Gasteiger partial charge on any atom is -0.854 e. The third-order valence-corrected chi connectivity index (χ3v) is 6.04. The van der Waals surface area contributed by atoms with Gasteiger partial charge in [0.05, 0.1) is 12.7 Å². The summed E-state index contributed by atoms with van der Waals surface area (Å²) in [4.78, 5) is 0. The third-order valence-electron chi connectivity index (χ3n) is 3.67. The van der Waals surface area contributed by atoms with E-state index < -0.39 is 14.3 Å². The van der Waals surface area contributed by atoms with E-state index >= 15 is 0 Å². The number of hydrogen-bond donors (Lipinski definition) is 0. The molecule has 1 aliphatic heterocycles. The molecule has 0 amide bonds. The van der Waals surface area contributed by atoms with Gasteiger partial charge in [0.1, 0.15) is 0 Å². The van der Waals surface area contributed by atoms with E-state index in [-0.39, 0.29) is 48.9 Å². The molecule has 0 N–H and O–H groups in total. The van der Waals surface area contributed by atoms with E-state index in [0.717, 1.165) is 23.6 Å². The van der Waals surface area contributed by atoms with Gasteiger partial charge in [-0.1, -0.05) is 80.4 Å². The standard InChI is InChI=1S/C14H14BO3P.C4H9O.Na/c16-19(14-9-5-2-6-10-14)11-17-15(18-12-19)13-7-3-1-4-8-13;1-2-3-4-5;/h1-10H,11-12H2;2-4H2,1H3;/q;-1;+1. The Labute approximate surface area is 172 Å². The second kappa shape index (κ2) is 12.1. The Hall–Kier alpha value is -0.385. The van der Waals surface area contributed by atoms with Crippen molar-refractivity contribution in [3.8, 4) is 0 Å². The molecule has 128 valence electrons. The van der Waals surface area contributed by atoms with Gasteiger partial charge < -0.3 is 19.0 Å². The summed E-state index contributed by atoms with van der Waals surface area (Å²) in [7, 11) is -2.98. The molecule has 0 saturated carbocycles. The summed E-state index contributed by atoms with van der Waals surface area (Å²) in [5.74, 6) is 0. The van der Waals surface area contributed by atoms with Crippen LogP contribution in [-0.4, -0.2) is 26.4 Å². The third kappa shape index (κ3) is 7.03. The number of rotatable bonds is 4. The van der Waals surface area contributed by atoms with E-state index in [1.165, 1.54) is 0 Å². The Morgan fingerprint density at radius 3 is 1.96 bits per heavy atom. The van der Waals surface area contributed by atoms with Crippen molar-refractivity contribution in [1.29, 1.82) is 0 Å². The first-order valence-electron chi connectivity index (χ1n) is 8.19. The van der Waals surface area contributed by atoms with Gasteiger partial charge in [0.2, 0.25) is 0 Å². The average molecular weight is 368 g/mol. The molecule has 0 atom stereocenters. The van der Waals surface area contributed by atoms with Gasteiger partial charge in [-0.05, 0) is 5.46 Å². The topological polar surface area (TPSA) is 58.6 Å². The quantitative estimate of drug-likeness (QED) is 0.523. The van der Waals surface area contributed by atoms with Crippen LogP contribution in [0.4, 0.5) is 0 Å². The SMILES string of the molecule is CCCC[O-].O=P1(c2ccccc2)COB(c2ccccc2)OC1.[Na+]. The van der Waals surface area contributed by atoms with Gasteiger partial charge in [-0.2, -0.15) is 0 Å². The van der Waals surface area contributed by atoms with Crippen molar-refractivity contribution in [1.82, 2.24) is 0 Å². The molecular weight excluding hydrogens is 345 g/mol. The van der Waals surface area contributed by atoms with Gasteiger partial charge >= 0.3 is 36.7 Å². The number of unbranched alkanes of at least 4 members (excludes halogenated alkanes) is 1. The van der Waals surface area contributed by atoms with Crippen LogP contribution in [0.2, 0.25) is 0 Å². The molecule has 0 aromatic heterocycles. The van der Waals surface area contributed by atoms with Crippen LogP contribution in [0, 0.1) is 0 Å². The molecule has 2 aromatic carbocycles. The Morgan fingerprint density at radius 1 is 1.00 bits per heavy atom. The van der Waals surface area contributed by atoms with Crippen LogP contribution in [0.3, 0.4) is 0 Å². The summed E-state index contributed by atoms with van der Waals surface area (Å²) < 4.78 is 24.1. The van der Waals surface area contributed by atoms with E-state index in [1.807, 2.05) is 67.6 Å². The minimum atomic E-state index is -2.57. The van der Waals surface area contributed by atoms with Crippen LogP contribution in [0.15, 0.2) is 60.7 Å². The van der Waals surface area contributed by atoms with Crippen molar-refractivity contribution < 1.29 is 48.5 Å². The Balaban J connectivity index is 0.000000462. The molecule has 4 nitrogen and oxygen atoms in total. The first-order chi connectivity index (χ1) is 11.7. The molecule has 25 heavy (non-hydrogen) atoms. The summed E-state index contributed by atoms with van der Waals surface area (Å²) in [6.45, 7) is 2.11. The molecule has 1 aliphatic rings. The van der Waals surface area contributed by atoms with E-state index in [1.54, 1.807) is 0 Å². The fourth-order valence-corrected chi connectivity index (χ4v) is 4.10. The Kier molecular flexibility index (Phi) is 11.0. The van der Waals surface area contributed by atoms with E-state index in [0.29, 0.717) is 0 Å². The van der Waals surface area contributed by atoms with Crippen LogP contribution in [0.25, 0.3) is 0 Å². The van der Waals surface area contributed by atoms with Crippen LogP contribution < -0.4 is 45.4 Å². The smallest absolute Gasteiger partial charge is 0.854 e. The summed E-state index contributed by atoms with van der Waals surface area (Å²) in [6.07, 6.45) is 2.33. The molecule has 0 unspecified atom stereocenters. The fraction of sp³-hybridized carbons (Fsp3) is 0.333. The molecule has 1 heterocycles. The second-order valence-electron chi connectivity index (χ2n) is 5.62. The van der Waals surface area contributed by atoms with Crippen LogP contribution >= 0.6 is 7.14 Å². The molecular formula is C18H23BNaO4P. The molecule has 0 bridgehead atoms. The van der Waals surface area contributed by atoms with E-state index in [4.69, 9.17) is 9.31 Å². The normalized spacial score (nSPS) is 15.5. The summed E-state index contributed by atoms with van der Waals surface area (Å²) in [6, 6.07) is 19.1. The molecule has 0 aliphatic carbocycles. The maximum atomic E-state index is 12.8. The zero-order valence-corrected chi connectivity index (χ0v) is 17.9. The zero-order chi connectivity index (χ0) is 17.3. The maximum Gasteiger partial charge on any atom is 1.00 e.